The first-order valence-corrected chi connectivity index (χ1v) is 14.4. The second-order valence-corrected chi connectivity index (χ2v) is 11.4. The fraction of sp³-hybridized carbons (Fsp3) is 0.600. The van der Waals surface area contributed by atoms with Crippen molar-refractivity contribution in [1.29, 1.82) is 0 Å². The van der Waals surface area contributed by atoms with E-state index in [9.17, 15) is 9.46 Å². The van der Waals surface area contributed by atoms with Crippen LogP contribution in [0.25, 0.3) is 0 Å². The summed E-state index contributed by atoms with van der Waals surface area (Å²) in [6, 6.07) is 0. The molecule has 0 atom stereocenters. The summed E-state index contributed by atoms with van der Waals surface area (Å²) in [4.78, 5) is 9.90. The summed E-state index contributed by atoms with van der Waals surface area (Å²) in [5, 5.41) is 0. The van der Waals surface area contributed by atoms with Crippen molar-refractivity contribution in [1.82, 2.24) is 0 Å². The van der Waals surface area contributed by atoms with Gasteiger partial charge in [0.25, 0.3) is 0 Å². The van der Waals surface area contributed by atoms with Crippen molar-refractivity contribution >= 4 is 7.82 Å². The Morgan fingerprint density at radius 3 is 1.14 bits per heavy atom. The van der Waals surface area contributed by atoms with Gasteiger partial charge in [-0.25, -0.2) is 4.57 Å². The number of phosphoric acid groups is 1. The normalized spacial score (nSPS) is 15.1. The van der Waals surface area contributed by atoms with Gasteiger partial charge in [0.15, 0.2) is 0 Å². The number of rotatable bonds is 18. The van der Waals surface area contributed by atoms with Gasteiger partial charge in [-0.1, -0.05) is 69.9 Å². The van der Waals surface area contributed by atoms with Crippen LogP contribution >= 0.6 is 7.82 Å². The van der Waals surface area contributed by atoms with E-state index in [1.54, 1.807) is 0 Å². The zero-order valence-electron chi connectivity index (χ0n) is 23.7. The summed E-state index contributed by atoms with van der Waals surface area (Å²) in [6.07, 6.45) is 20.9. The molecule has 0 aromatic rings. The van der Waals surface area contributed by atoms with Crippen molar-refractivity contribution in [2.75, 3.05) is 13.2 Å². The van der Waals surface area contributed by atoms with Crippen LogP contribution in [0.15, 0.2) is 69.9 Å². The fourth-order valence-corrected chi connectivity index (χ4v) is 3.86. The van der Waals surface area contributed by atoms with Crippen LogP contribution in [-0.2, 0) is 13.6 Å². The fourth-order valence-electron chi connectivity index (χ4n) is 3.26. The molecular weight excluding hydrogens is 455 g/mol. The van der Waals surface area contributed by atoms with Gasteiger partial charge in [0, 0.05) is 0 Å². The minimum Gasteiger partial charge on any atom is -0.302 e. The zero-order valence-corrected chi connectivity index (χ0v) is 24.5. The SMILES string of the molecule is CC(C)=CCC/C(C)=C/CC/C(C)=C/COP(=O)(O)OC/C=C(\C)CC/C=C(\C)CCC=C(C)C. The van der Waals surface area contributed by atoms with Gasteiger partial charge >= 0.3 is 7.82 Å². The van der Waals surface area contributed by atoms with E-state index in [2.05, 4.69) is 65.8 Å². The average Bonchev–Trinajstić information content (AvgIpc) is 2.73. The molecule has 4 nitrogen and oxygen atoms in total. The summed E-state index contributed by atoms with van der Waals surface area (Å²) in [5.74, 6) is 0. The molecule has 0 aliphatic carbocycles. The minimum absolute atomic E-state index is 0.0718. The lowest BCUT2D eigenvalue weighted by molar-refractivity contribution is 0.174. The molecule has 0 aromatic heterocycles. The summed E-state index contributed by atoms with van der Waals surface area (Å²) in [7, 11) is -4.05. The maximum Gasteiger partial charge on any atom is 0.472 e. The van der Waals surface area contributed by atoms with Crippen LogP contribution in [0, 0.1) is 0 Å². The summed E-state index contributed by atoms with van der Waals surface area (Å²) in [5.41, 5.74) is 7.79. The highest BCUT2D eigenvalue weighted by Crippen LogP contribution is 2.43. The van der Waals surface area contributed by atoms with Crippen LogP contribution in [0.2, 0.25) is 0 Å². The molecule has 0 heterocycles. The van der Waals surface area contributed by atoms with Crippen LogP contribution in [0.5, 0.6) is 0 Å². The average molecular weight is 507 g/mol. The van der Waals surface area contributed by atoms with Gasteiger partial charge in [-0.05, 0) is 107 Å². The Balaban J connectivity index is 4.23. The van der Waals surface area contributed by atoms with E-state index >= 15 is 0 Å². The Morgan fingerprint density at radius 2 is 0.829 bits per heavy atom. The quantitative estimate of drug-likeness (QED) is 0.148. The van der Waals surface area contributed by atoms with Crippen molar-refractivity contribution in [2.45, 2.75) is 107 Å². The van der Waals surface area contributed by atoms with E-state index in [-0.39, 0.29) is 13.2 Å². The van der Waals surface area contributed by atoms with Crippen molar-refractivity contribution in [2.24, 2.45) is 0 Å². The lowest BCUT2D eigenvalue weighted by Gasteiger charge is -2.10. The number of hydrogen-bond acceptors (Lipinski definition) is 3. The molecule has 0 aliphatic heterocycles. The molecule has 0 saturated heterocycles. The third-order valence-electron chi connectivity index (χ3n) is 5.58. The minimum atomic E-state index is -4.05. The Kier molecular flexibility index (Phi) is 18.9. The molecule has 1 N–H and O–H groups in total. The molecule has 0 fully saturated rings. The van der Waals surface area contributed by atoms with E-state index in [1.165, 1.54) is 22.3 Å². The molecule has 0 amide bonds. The lowest BCUT2D eigenvalue weighted by Crippen LogP contribution is -1.97. The van der Waals surface area contributed by atoms with E-state index in [0.717, 1.165) is 62.5 Å². The Morgan fingerprint density at radius 1 is 0.543 bits per heavy atom. The van der Waals surface area contributed by atoms with Gasteiger partial charge in [0.1, 0.15) is 0 Å². The topological polar surface area (TPSA) is 55.8 Å². The Labute approximate surface area is 216 Å². The largest absolute Gasteiger partial charge is 0.472 e. The number of phosphoric ester groups is 1. The van der Waals surface area contributed by atoms with Crippen LogP contribution < -0.4 is 0 Å². The summed E-state index contributed by atoms with van der Waals surface area (Å²) in [6.45, 7) is 17.0. The number of allylic oxidation sites excluding steroid dienone is 10. The molecule has 0 radical (unpaired) electrons. The van der Waals surface area contributed by atoms with Gasteiger partial charge in [0.05, 0.1) is 13.2 Å². The predicted molar refractivity (Wildman–Crippen MR) is 153 cm³/mol. The molecule has 0 spiro atoms. The van der Waals surface area contributed by atoms with E-state index in [4.69, 9.17) is 9.05 Å². The van der Waals surface area contributed by atoms with Gasteiger partial charge in [-0.15, -0.1) is 0 Å². The van der Waals surface area contributed by atoms with Crippen molar-refractivity contribution < 1.29 is 18.5 Å². The van der Waals surface area contributed by atoms with Crippen molar-refractivity contribution in [3.05, 3.63) is 69.9 Å². The van der Waals surface area contributed by atoms with E-state index in [1.807, 2.05) is 26.0 Å². The molecular formula is C30H51O4P. The maximum absolute atomic E-state index is 12.1. The van der Waals surface area contributed by atoms with Crippen LogP contribution in [-0.4, -0.2) is 18.1 Å². The van der Waals surface area contributed by atoms with Gasteiger partial charge < -0.3 is 4.89 Å². The monoisotopic (exact) mass is 506 g/mol. The third kappa shape index (κ3) is 22.7. The first-order chi connectivity index (χ1) is 16.4. The Bertz CT molecular complexity index is 766. The van der Waals surface area contributed by atoms with Crippen molar-refractivity contribution in [3.63, 3.8) is 0 Å². The van der Waals surface area contributed by atoms with Gasteiger partial charge in [-0.2, -0.15) is 0 Å². The smallest absolute Gasteiger partial charge is 0.302 e. The lowest BCUT2D eigenvalue weighted by atomic mass is 10.1. The first kappa shape index (κ1) is 33.5. The standard InChI is InChI=1S/C30H51O4P/c1-25(2)13-9-15-27(5)17-11-19-29(7)21-23-33-35(31,32)34-24-22-30(8)20-12-18-28(6)16-10-14-26(3)4/h13-14,17-18,21-22H,9-12,15-16,19-20,23-24H2,1-8H3,(H,31,32)/b27-17+,28-18+,29-21+,30-22+. The highest BCUT2D eigenvalue weighted by molar-refractivity contribution is 7.47. The van der Waals surface area contributed by atoms with Gasteiger partial charge in [-0.3, -0.25) is 9.05 Å². The van der Waals surface area contributed by atoms with E-state index in [0.29, 0.717) is 0 Å². The van der Waals surface area contributed by atoms with Gasteiger partial charge in [0.2, 0.25) is 0 Å². The van der Waals surface area contributed by atoms with E-state index < -0.39 is 7.82 Å². The van der Waals surface area contributed by atoms with Crippen molar-refractivity contribution in [3.8, 4) is 0 Å². The second-order valence-electron chi connectivity index (χ2n) is 9.98. The maximum atomic E-state index is 12.1. The highest BCUT2D eigenvalue weighted by atomic mass is 31.2. The molecule has 0 unspecified atom stereocenters. The summed E-state index contributed by atoms with van der Waals surface area (Å²) >= 11 is 0. The molecule has 0 saturated carbocycles. The molecule has 0 aromatic carbocycles. The third-order valence-corrected chi connectivity index (χ3v) is 6.54. The second kappa shape index (κ2) is 19.7. The molecule has 200 valence electrons. The highest BCUT2D eigenvalue weighted by Gasteiger charge is 2.19. The zero-order chi connectivity index (χ0) is 26.7. The van der Waals surface area contributed by atoms with Crippen LogP contribution in [0.4, 0.5) is 0 Å². The molecule has 0 aliphatic rings. The van der Waals surface area contributed by atoms with Crippen LogP contribution in [0.1, 0.15) is 107 Å². The molecule has 0 bridgehead atoms. The predicted octanol–water partition coefficient (Wildman–Crippen LogP) is 9.96. The van der Waals surface area contributed by atoms with Crippen LogP contribution in [0.3, 0.4) is 0 Å². The molecule has 35 heavy (non-hydrogen) atoms. The summed E-state index contributed by atoms with van der Waals surface area (Å²) < 4.78 is 22.3. The number of hydrogen-bond donors (Lipinski definition) is 1. The first-order valence-electron chi connectivity index (χ1n) is 12.9. The Hall–Kier alpha value is -1.45. The molecule has 5 heteroatoms. The molecule has 0 rings (SSSR count).